The minimum atomic E-state index is -0.242. The summed E-state index contributed by atoms with van der Waals surface area (Å²) in [6, 6.07) is 1.87. The lowest BCUT2D eigenvalue weighted by Gasteiger charge is -2.25. The summed E-state index contributed by atoms with van der Waals surface area (Å²) < 4.78 is 0. The number of nitrogens with two attached hydrogens (primary N) is 1. The van der Waals surface area contributed by atoms with E-state index in [9.17, 15) is 0 Å². The molecule has 0 spiro atoms. The van der Waals surface area contributed by atoms with E-state index in [0.717, 1.165) is 48.2 Å². The molecule has 0 bridgehead atoms. The predicted molar refractivity (Wildman–Crippen MR) is 151 cm³/mol. The molecule has 0 saturated heterocycles. The van der Waals surface area contributed by atoms with Crippen molar-refractivity contribution in [2.75, 3.05) is 33.0 Å². The summed E-state index contributed by atoms with van der Waals surface area (Å²) in [6.45, 7) is 9.89. The summed E-state index contributed by atoms with van der Waals surface area (Å²) in [4.78, 5) is 13.2. The van der Waals surface area contributed by atoms with Crippen molar-refractivity contribution in [1.29, 1.82) is 0 Å². The van der Waals surface area contributed by atoms with E-state index in [-0.39, 0.29) is 6.17 Å². The van der Waals surface area contributed by atoms with Gasteiger partial charge in [0.15, 0.2) is 0 Å². The van der Waals surface area contributed by atoms with Gasteiger partial charge in [-0.2, -0.15) is 0 Å². The average molecular weight is 477 g/mol. The van der Waals surface area contributed by atoms with Crippen LogP contribution < -0.4 is 11.1 Å². The minimum Gasteiger partial charge on any atom is -0.362 e. The summed E-state index contributed by atoms with van der Waals surface area (Å²) in [5.41, 5.74) is 11.4. The van der Waals surface area contributed by atoms with Crippen LogP contribution in [-0.2, 0) is 0 Å². The van der Waals surface area contributed by atoms with Gasteiger partial charge in [-0.05, 0) is 82.2 Å². The van der Waals surface area contributed by atoms with Gasteiger partial charge in [-0.1, -0.05) is 62.8 Å². The molecular weight excluding hydrogens is 432 g/mol. The molecule has 2 heterocycles. The van der Waals surface area contributed by atoms with Crippen molar-refractivity contribution >= 4 is 11.5 Å². The Morgan fingerprint density at radius 2 is 2.00 bits per heavy atom. The highest BCUT2D eigenvalue weighted by molar-refractivity contribution is 5.77. The molecule has 1 aromatic heterocycles. The number of hydrogen-bond acceptors (Lipinski definition) is 6. The third-order valence-corrected chi connectivity index (χ3v) is 5.98. The lowest BCUT2D eigenvalue weighted by molar-refractivity contribution is 0.386. The van der Waals surface area contributed by atoms with Crippen LogP contribution in [0.5, 0.6) is 0 Å². The zero-order valence-corrected chi connectivity index (χ0v) is 22.3. The fraction of sp³-hybridized carbons (Fsp3) is 0.448. The van der Waals surface area contributed by atoms with E-state index in [4.69, 9.17) is 5.73 Å². The maximum atomic E-state index is 6.37. The Balaban J connectivity index is 0.000000540. The Morgan fingerprint density at radius 3 is 2.69 bits per heavy atom. The van der Waals surface area contributed by atoms with Gasteiger partial charge in [0.1, 0.15) is 6.17 Å². The van der Waals surface area contributed by atoms with Gasteiger partial charge in [-0.25, -0.2) is 9.97 Å². The summed E-state index contributed by atoms with van der Waals surface area (Å²) in [5, 5.41) is 3.32. The van der Waals surface area contributed by atoms with E-state index in [2.05, 4.69) is 91.2 Å². The van der Waals surface area contributed by atoms with Crippen molar-refractivity contribution in [2.24, 2.45) is 5.73 Å². The fourth-order valence-corrected chi connectivity index (χ4v) is 3.72. The van der Waals surface area contributed by atoms with Crippen molar-refractivity contribution in [1.82, 2.24) is 19.8 Å². The Bertz CT molecular complexity index is 967. The smallest absolute Gasteiger partial charge is 0.227 e. The van der Waals surface area contributed by atoms with Crippen LogP contribution in [0.3, 0.4) is 0 Å². The van der Waals surface area contributed by atoms with Crippen LogP contribution in [0.1, 0.15) is 58.1 Å². The van der Waals surface area contributed by atoms with Gasteiger partial charge in [0.2, 0.25) is 5.95 Å². The van der Waals surface area contributed by atoms with Gasteiger partial charge >= 0.3 is 0 Å². The Hall–Kier alpha value is -2.96. The number of rotatable bonds is 8. The first-order valence-corrected chi connectivity index (χ1v) is 12.7. The van der Waals surface area contributed by atoms with E-state index in [1.807, 2.05) is 24.2 Å². The Labute approximate surface area is 212 Å². The molecule has 1 aliphatic carbocycles. The van der Waals surface area contributed by atoms with Gasteiger partial charge in [-0.3, -0.25) is 0 Å². The van der Waals surface area contributed by atoms with Gasteiger partial charge in [-0.15, -0.1) is 0 Å². The highest BCUT2D eigenvalue weighted by atomic mass is 15.2. The lowest BCUT2D eigenvalue weighted by Crippen LogP contribution is -2.37. The van der Waals surface area contributed by atoms with Gasteiger partial charge < -0.3 is 20.9 Å². The minimum absolute atomic E-state index is 0.242. The topological polar surface area (TPSA) is 70.3 Å². The quantitative estimate of drug-likeness (QED) is 0.457. The number of hydrogen-bond donors (Lipinski definition) is 2. The molecule has 35 heavy (non-hydrogen) atoms. The molecule has 190 valence electrons. The SMILES string of the molecule is C=C(C1=CCC=CN(C)C1N)c1ccnc(NC2=CC/C=C(/CC)C/C=C\2)n1.CCCCN(C)C. The molecule has 3 rings (SSSR count). The van der Waals surface area contributed by atoms with Crippen LogP contribution in [0, 0.1) is 0 Å². The Morgan fingerprint density at radius 1 is 1.20 bits per heavy atom. The Kier molecular flexibility index (Phi) is 12.2. The van der Waals surface area contributed by atoms with E-state index in [0.29, 0.717) is 5.95 Å². The number of anilines is 1. The first kappa shape index (κ1) is 28.3. The van der Waals surface area contributed by atoms with E-state index in [1.165, 1.54) is 25.0 Å². The van der Waals surface area contributed by atoms with Gasteiger partial charge in [0.25, 0.3) is 0 Å². The molecule has 3 N–H and O–H groups in total. The highest BCUT2D eigenvalue weighted by Gasteiger charge is 2.19. The normalized spacial score (nSPS) is 20.3. The zero-order valence-electron chi connectivity index (χ0n) is 22.3. The molecule has 1 aliphatic heterocycles. The maximum absolute atomic E-state index is 6.37. The third kappa shape index (κ3) is 9.67. The van der Waals surface area contributed by atoms with Crippen molar-refractivity contribution in [3.05, 3.63) is 84.0 Å². The van der Waals surface area contributed by atoms with Crippen LogP contribution in [0.2, 0.25) is 0 Å². The molecule has 0 fully saturated rings. The monoisotopic (exact) mass is 476 g/mol. The number of likely N-dealkylation sites (N-methyl/N-ethyl adjacent to an activating group) is 1. The predicted octanol–water partition coefficient (Wildman–Crippen LogP) is 5.88. The largest absolute Gasteiger partial charge is 0.362 e. The second-order valence-corrected chi connectivity index (χ2v) is 9.13. The van der Waals surface area contributed by atoms with Crippen molar-refractivity contribution in [2.45, 2.75) is 58.5 Å². The maximum Gasteiger partial charge on any atom is 0.227 e. The summed E-state index contributed by atoms with van der Waals surface area (Å²) in [7, 11) is 6.18. The molecule has 0 aromatic carbocycles. The molecule has 0 amide bonds. The summed E-state index contributed by atoms with van der Waals surface area (Å²) in [5.74, 6) is 0.559. The van der Waals surface area contributed by atoms with Crippen molar-refractivity contribution in [3.8, 4) is 0 Å². The molecule has 6 nitrogen and oxygen atoms in total. The van der Waals surface area contributed by atoms with Crippen LogP contribution in [0.25, 0.3) is 5.57 Å². The molecule has 2 aliphatic rings. The summed E-state index contributed by atoms with van der Waals surface area (Å²) >= 11 is 0. The first-order chi connectivity index (χ1) is 16.8. The van der Waals surface area contributed by atoms with Crippen LogP contribution in [-0.4, -0.2) is 53.6 Å². The fourth-order valence-electron chi connectivity index (χ4n) is 3.72. The van der Waals surface area contributed by atoms with E-state index in [1.54, 1.807) is 6.20 Å². The van der Waals surface area contributed by atoms with Crippen LogP contribution in [0.4, 0.5) is 5.95 Å². The molecule has 1 atom stereocenters. The zero-order chi connectivity index (χ0) is 25.6. The second-order valence-electron chi connectivity index (χ2n) is 9.13. The number of allylic oxidation sites excluding steroid dienone is 7. The first-order valence-electron chi connectivity index (χ1n) is 12.7. The number of nitrogens with one attached hydrogen (secondary N) is 1. The van der Waals surface area contributed by atoms with Crippen molar-refractivity contribution < 1.29 is 0 Å². The molecule has 1 aromatic rings. The lowest BCUT2D eigenvalue weighted by atomic mass is 10.0. The van der Waals surface area contributed by atoms with E-state index < -0.39 is 0 Å². The molecule has 1 unspecified atom stereocenters. The second kappa shape index (κ2) is 15.1. The molecule has 0 saturated carbocycles. The third-order valence-electron chi connectivity index (χ3n) is 5.98. The van der Waals surface area contributed by atoms with Gasteiger partial charge in [0.05, 0.1) is 5.69 Å². The number of aromatic nitrogens is 2. The standard InChI is InChI=1S/C23H29N5.C6H15N/c1-4-18-9-7-11-19(12-8-10-18)26-23-25-15-14-21(27-23)17(2)20-13-5-6-16-28(3)22(20)24;1-4-5-6-7(2)3/h6-7,10-16,22H,2,4-5,8-9,24H2,1,3H3,(H,25,26,27);4-6H2,1-3H3/b11-7-,18-10-,19-12?;. The van der Waals surface area contributed by atoms with Crippen molar-refractivity contribution in [3.63, 3.8) is 0 Å². The van der Waals surface area contributed by atoms with Gasteiger partial charge in [0, 0.05) is 18.9 Å². The molecule has 0 radical (unpaired) electrons. The highest BCUT2D eigenvalue weighted by Crippen LogP contribution is 2.26. The van der Waals surface area contributed by atoms with E-state index >= 15 is 0 Å². The number of unbranched alkanes of at least 4 members (excludes halogenated alkanes) is 1. The average Bonchev–Trinajstić information content (AvgIpc) is 3.00. The van der Waals surface area contributed by atoms with Crippen LogP contribution in [0.15, 0.2) is 78.3 Å². The molecular formula is C29H44N6. The molecule has 6 heteroatoms. The van der Waals surface area contributed by atoms with Crippen LogP contribution >= 0.6 is 0 Å². The summed E-state index contributed by atoms with van der Waals surface area (Å²) in [6.07, 6.45) is 22.9. The number of nitrogens with zero attached hydrogens (tertiary/aromatic N) is 4.